The van der Waals surface area contributed by atoms with Gasteiger partial charge in [0.05, 0.1) is 9.60 Å². The average molecular weight is 321 g/mol. The lowest BCUT2D eigenvalue weighted by Crippen LogP contribution is -1.88. The molecular weight excluding hydrogens is 295 g/mol. The van der Waals surface area contributed by atoms with E-state index in [0.717, 1.165) is 0 Å². The van der Waals surface area contributed by atoms with Crippen LogP contribution in [0.2, 0.25) is 0 Å². The molecule has 0 radical (unpaired) electrons. The largest absolute Gasteiger partial charge is 0.0632 e. The van der Waals surface area contributed by atoms with Crippen molar-refractivity contribution >= 4 is 22.6 Å². The van der Waals surface area contributed by atoms with E-state index in [-0.39, 0.29) is 3.57 Å². The Balaban J connectivity index is 3.20. The minimum Gasteiger partial charge on any atom is -0.0622 e. The SMILES string of the molecule is [2H]c1c([2H])c([2H])c(-c2c([2H])c(C([2H])([2H])[2H])c(I)c(C([2H])([2H])[2H])c2[2H])c([2H])c1[2H]. The number of halogens is 1. The lowest BCUT2D eigenvalue weighted by molar-refractivity contribution is 1.34. The quantitative estimate of drug-likeness (QED) is 0.675. The van der Waals surface area contributed by atoms with Crippen molar-refractivity contribution in [2.75, 3.05) is 0 Å². The maximum absolute atomic E-state index is 8.31. The normalized spacial score (nSPS) is 24.5. The molecule has 0 heterocycles. The van der Waals surface area contributed by atoms with Crippen LogP contribution in [0.3, 0.4) is 0 Å². The van der Waals surface area contributed by atoms with E-state index >= 15 is 0 Å². The van der Waals surface area contributed by atoms with Gasteiger partial charge in [-0.2, -0.15) is 0 Å². The molecule has 15 heavy (non-hydrogen) atoms. The average Bonchev–Trinajstić information content (AvgIpc) is 2.51. The van der Waals surface area contributed by atoms with Crippen LogP contribution in [-0.4, -0.2) is 0 Å². The molecule has 2 rings (SSSR count). The van der Waals surface area contributed by atoms with Gasteiger partial charge in [0.2, 0.25) is 0 Å². The van der Waals surface area contributed by atoms with Gasteiger partial charge in [-0.15, -0.1) is 0 Å². The Kier molecular flexibility index (Phi) is 0.899. The number of hydrogen-bond donors (Lipinski definition) is 0. The molecule has 0 saturated carbocycles. The summed E-state index contributed by atoms with van der Waals surface area (Å²) in [6.07, 6.45) is 0. The van der Waals surface area contributed by atoms with Crippen molar-refractivity contribution in [2.24, 2.45) is 0 Å². The third-order valence-corrected chi connectivity index (χ3v) is 2.77. The predicted molar refractivity (Wildman–Crippen MR) is 74.1 cm³/mol. The van der Waals surface area contributed by atoms with Crippen molar-refractivity contribution in [1.82, 2.24) is 0 Å². The zero-order chi connectivity index (χ0) is 21.9. The van der Waals surface area contributed by atoms with Crippen LogP contribution in [-0.2, 0) is 0 Å². The lowest BCUT2D eigenvalue weighted by atomic mass is 10.0. The van der Waals surface area contributed by atoms with Crippen LogP contribution >= 0.6 is 22.6 Å². The van der Waals surface area contributed by atoms with Crippen molar-refractivity contribution in [3.8, 4) is 11.1 Å². The molecule has 0 bridgehead atoms. The zero-order valence-electron chi connectivity index (χ0n) is 20.4. The van der Waals surface area contributed by atoms with Crippen molar-refractivity contribution in [3.05, 3.63) is 57.0 Å². The molecular formula is C14H13I. The first-order valence-corrected chi connectivity index (χ1v) is 5.02. The molecule has 0 N–H and O–H groups in total. The van der Waals surface area contributed by atoms with E-state index in [9.17, 15) is 0 Å². The summed E-state index contributed by atoms with van der Waals surface area (Å²) in [6.45, 7) is -5.83. The topological polar surface area (TPSA) is 0 Å². The standard InChI is InChI=1S/C14H13I/c1-10-8-13(9-11(2)14(10)15)12-6-4-3-5-7-12/h3-9H,1-2H3/i1D3,2D3,3D,4D,5D,6D,7D,8D,9D. The number of benzene rings is 2. The van der Waals surface area contributed by atoms with Gasteiger partial charge in [0.25, 0.3) is 0 Å². The minimum atomic E-state index is -2.91. The smallest absolute Gasteiger partial charge is 0.0622 e. The van der Waals surface area contributed by atoms with Gasteiger partial charge < -0.3 is 0 Å². The first-order valence-electron chi connectivity index (χ1n) is 10.4. The maximum Gasteiger partial charge on any atom is 0.0632 e. The first kappa shape index (κ1) is 3.10. The van der Waals surface area contributed by atoms with Gasteiger partial charge in [0.1, 0.15) is 0 Å². The second-order valence-electron chi connectivity index (χ2n) is 2.69. The van der Waals surface area contributed by atoms with Crippen molar-refractivity contribution < 1.29 is 17.8 Å². The molecule has 2 aromatic rings. The molecule has 0 amide bonds. The molecule has 0 atom stereocenters. The summed E-state index contributed by atoms with van der Waals surface area (Å²) in [4.78, 5) is 0. The summed E-state index contributed by atoms with van der Waals surface area (Å²) in [6, 6.07) is -5.20. The van der Waals surface area contributed by atoms with E-state index in [4.69, 9.17) is 17.8 Å². The third-order valence-electron chi connectivity index (χ3n) is 1.69. The van der Waals surface area contributed by atoms with Crippen molar-refractivity contribution in [3.63, 3.8) is 0 Å². The predicted octanol–water partition coefficient (Wildman–Crippen LogP) is 4.58. The zero-order valence-corrected chi connectivity index (χ0v) is 9.54. The maximum atomic E-state index is 8.31. The van der Waals surface area contributed by atoms with Crippen molar-refractivity contribution in [1.29, 1.82) is 0 Å². The Hall–Kier alpha value is -0.830. The molecule has 0 spiro atoms. The molecule has 0 aliphatic carbocycles. The van der Waals surface area contributed by atoms with Crippen LogP contribution in [0.15, 0.2) is 42.3 Å². The van der Waals surface area contributed by atoms with Crippen LogP contribution in [0.4, 0.5) is 0 Å². The van der Waals surface area contributed by atoms with Crippen LogP contribution in [0, 0.1) is 17.3 Å². The second kappa shape index (κ2) is 4.35. The Morgan fingerprint density at radius 3 is 2.13 bits per heavy atom. The minimum absolute atomic E-state index is 0.302. The van der Waals surface area contributed by atoms with E-state index < -0.39 is 78.3 Å². The monoisotopic (exact) mass is 321 g/mol. The summed E-state index contributed by atoms with van der Waals surface area (Å²) in [5, 5.41) is 0. The summed E-state index contributed by atoms with van der Waals surface area (Å²) in [5.74, 6) is 0. The Bertz CT molecular complexity index is 901. The fourth-order valence-corrected chi connectivity index (χ4v) is 1.29. The van der Waals surface area contributed by atoms with Crippen LogP contribution in [0.25, 0.3) is 11.1 Å². The second-order valence-corrected chi connectivity index (χ2v) is 3.77. The highest BCUT2D eigenvalue weighted by Crippen LogP contribution is 2.25. The molecule has 0 aliphatic heterocycles. The molecule has 1 heteroatoms. The molecule has 0 fully saturated rings. The lowest BCUT2D eigenvalue weighted by Gasteiger charge is -2.08. The van der Waals surface area contributed by atoms with E-state index in [1.807, 2.05) is 0 Å². The van der Waals surface area contributed by atoms with Gasteiger partial charge in [-0.05, 0) is 58.5 Å². The van der Waals surface area contributed by atoms with Gasteiger partial charge in [0.15, 0.2) is 0 Å². The number of rotatable bonds is 1. The molecule has 76 valence electrons. The van der Waals surface area contributed by atoms with Crippen LogP contribution in [0.5, 0.6) is 0 Å². The Morgan fingerprint density at radius 1 is 1.00 bits per heavy atom. The fraction of sp³-hybridized carbons (Fsp3) is 0.143. The third kappa shape index (κ3) is 2.23. The van der Waals surface area contributed by atoms with Gasteiger partial charge in [0, 0.05) is 11.8 Å². The molecule has 0 saturated heterocycles. The molecule has 0 unspecified atom stereocenters. The van der Waals surface area contributed by atoms with Gasteiger partial charge in [-0.1, -0.05) is 42.3 Å². The Labute approximate surface area is 123 Å². The fourth-order valence-electron chi connectivity index (χ4n) is 1.02. The molecule has 0 aliphatic rings. The van der Waals surface area contributed by atoms with Gasteiger partial charge >= 0.3 is 0 Å². The van der Waals surface area contributed by atoms with Gasteiger partial charge in [-0.25, -0.2) is 0 Å². The summed E-state index contributed by atoms with van der Waals surface area (Å²) in [7, 11) is 0. The van der Waals surface area contributed by atoms with E-state index in [0.29, 0.717) is 0 Å². The highest BCUT2D eigenvalue weighted by atomic mass is 127. The van der Waals surface area contributed by atoms with E-state index in [2.05, 4.69) is 0 Å². The number of hydrogen-bond acceptors (Lipinski definition) is 0. The highest BCUT2D eigenvalue weighted by molar-refractivity contribution is 14.1. The molecule has 0 nitrogen and oxygen atoms in total. The highest BCUT2D eigenvalue weighted by Gasteiger charge is 2.03. The molecule has 0 aromatic heterocycles. The Morgan fingerprint density at radius 2 is 1.60 bits per heavy atom. The van der Waals surface area contributed by atoms with E-state index in [1.165, 1.54) is 22.6 Å². The van der Waals surface area contributed by atoms with E-state index in [1.54, 1.807) is 0 Å². The summed E-state index contributed by atoms with van der Waals surface area (Å²) in [5.41, 5.74) is -2.47. The van der Waals surface area contributed by atoms with Gasteiger partial charge in [-0.3, -0.25) is 0 Å². The van der Waals surface area contributed by atoms with Crippen LogP contribution in [0.1, 0.15) is 28.9 Å². The summed E-state index contributed by atoms with van der Waals surface area (Å²) >= 11 is 1.46. The van der Waals surface area contributed by atoms with Crippen molar-refractivity contribution in [2.45, 2.75) is 13.7 Å². The first-order chi connectivity index (χ1) is 12.5. The summed E-state index contributed by atoms with van der Waals surface area (Å²) < 4.78 is 102. The van der Waals surface area contributed by atoms with Crippen LogP contribution < -0.4 is 0 Å². The molecule has 2 aromatic carbocycles.